The summed E-state index contributed by atoms with van der Waals surface area (Å²) in [6, 6.07) is 29.6. The van der Waals surface area contributed by atoms with Crippen LogP contribution in [0.5, 0.6) is 0 Å². The molecule has 1 N–H and O–H groups in total. The topological polar surface area (TPSA) is 98.1 Å². The fourth-order valence-corrected chi connectivity index (χ4v) is 5.65. The minimum absolute atomic E-state index is 0.229. The molecular weight excluding hydrogens is 566 g/mol. The number of nitrogens with one attached hydrogen (secondary N) is 1. The van der Waals surface area contributed by atoms with Crippen LogP contribution >= 0.6 is 0 Å². The number of nitrogens with zero attached hydrogens (tertiary/aromatic N) is 4. The Morgan fingerprint density at radius 2 is 1.53 bits per heavy atom. The van der Waals surface area contributed by atoms with Crippen molar-refractivity contribution in [2.24, 2.45) is 0 Å². The number of ether oxygens (including phenoxy) is 1. The molecule has 2 amide bonds. The number of hydroxylamine groups is 2. The third kappa shape index (κ3) is 6.04. The Balaban J connectivity index is 1.36. The van der Waals surface area contributed by atoms with Gasteiger partial charge in [0.15, 0.2) is 5.65 Å². The lowest BCUT2D eigenvalue weighted by Gasteiger charge is -2.43. The van der Waals surface area contributed by atoms with Gasteiger partial charge in [0.2, 0.25) is 0 Å². The molecule has 9 nitrogen and oxygen atoms in total. The fourth-order valence-electron chi connectivity index (χ4n) is 5.65. The standard InChI is InChI=1S/C36H37N5O4/c1-35(2,3)45-34(43)38-36(22-9-23-36)28-18-16-25(17-19-28)31-32(26-10-7-6-8-11-26)41-30(37-31)21-20-29(39-41)24-12-14-27(15-13-24)33(42)40(4)44-5/h6-8,10-21H,9,22-23H2,1-5H3,(H,38,43). The van der Waals surface area contributed by atoms with E-state index in [-0.39, 0.29) is 5.91 Å². The van der Waals surface area contributed by atoms with Gasteiger partial charge in [0, 0.05) is 29.3 Å². The highest BCUT2D eigenvalue weighted by molar-refractivity contribution is 5.93. The maximum absolute atomic E-state index is 12.7. The molecule has 230 valence electrons. The first-order valence-corrected chi connectivity index (χ1v) is 15.1. The van der Waals surface area contributed by atoms with Crippen LogP contribution in [-0.4, -0.2) is 51.4 Å². The summed E-state index contributed by atoms with van der Waals surface area (Å²) in [6.45, 7) is 5.60. The number of carbonyl (C=O) groups is 2. The van der Waals surface area contributed by atoms with E-state index >= 15 is 0 Å². The number of amides is 2. The minimum atomic E-state index is -0.562. The maximum atomic E-state index is 12.7. The molecule has 2 heterocycles. The van der Waals surface area contributed by atoms with Crippen molar-refractivity contribution in [3.05, 3.63) is 102 Å². The number of alkyl carbamates (subject to hydrolysis) is 1. The normalized spacial score (nSPS) is 14.1. The van der Waals surface area contributed by atoms with Crippen molar-refractivity contribution in [1.82, 2.24) is 25.0 Å². The van der Waals surface area contributed by atoms with Crippen LogP contribution in [0.25, 0.3) is 39.4 Å². The number of aromatic nitrogens is 3. The quantitative estimate of drug-likeness (QED) is 0.197. The average Bonchev–Trinajstić information content (AvgIpc) is 3.40. The molecule has 0 bridgehead atoms. The minimum Gasteiger partial charge on any atom is -0.444 e. The van der Waals surface area contributed by atoms with Gasteiger partial charge in [0.05, 0.1) is 24.0 Å². The predicted molar refractivity (Wildman–Crippen MR) is 173 cm³/mol. The van der Waals surface area contributed by atoms with E-state index in [0.29, 0.717) is 11.2 Å². The maximum Gasteiger partial charge on any atom is 0.408 e. The second-order valence-corrected chi connectivity index (χ2v) is 12.4. The Morgan fingerprint density at radius 3 is 2.13 bits per heavy atom. The molecule has 0 saturated heterocycles. The average molecular weight is 604 g/mol. The van der Waals surface area contributed by atoms with E-state index in [1.54, 1.807) is 19.2 Å². The van der Waals surface area contributed by atoms with E-state index in [0.717, 1.165) is 58.6 Å². The number of imidazole rings is 1. The number of hydrogen-bond acceptors (Lipinski definition) is 6. The Hall–Kier alpha value is -5.02. The molecule has 0 unspecified atom stereocenters. The van der Waals surface area contributed by atoms with E-state index in [2.05, 4.69) is 41.7 Å². The van der Waals surface area contributed by atoms with E-state index in [9.17, 15) is 9.59 Å². The summed E-state index contributed by atoms with van der Waals surface area (Å²) >= 11 is 0. The van der Waals surface area contributed by atoms with Gasteiger partial charge in [-0.15, -0.1) is 0 Å². The number of hydrogen-bond donors (Lipinski definition) is 1. The van der Waals surface area contributed by atoms with Crippen LogP contribution in [0.1, 0.15) is 56.0 Å². The Labute approximate surface area is 262 Å². The molecule has 0 aliphatic heterocycles. The highest BCUT2D eigenvalue weighted by Crippen LogP contribution is 2.42. The van der Waals surface area contributed by atoms with Crippen LogP contribution in [0.2, 0.25) is 0 Å². The predicted octanol–water partition coefficient (Wildman–Crippen LogP) is 7.27. The SMILES string of the molecule is CON(C)C(=O)c1ccc(-c2ccc3nc(-c4ccc(C5(NC(=O)OC(C)(C)C)CCC5)cc4)c(-c4ccccc4)n3n2)cc1. The largest absolute Gasteiger partial charge is 0.444 e. The third-order valence-electron chi connectivity index (χ3n) is 8.17. The molecule has 0 atom stereocenters. The van der Waals surface area contributed by atoms with Gasteiger partial charge in [-0.2, -0.15) is 5.10 Å². The molecule has 1 fully saturated rings. The second kappa shape index (κ2) is 11.8. The summed E-state index contributed by atoms with van der Waals surface area (Å²) in [4.78, 5) is 35.2. The number of fused-ring (bicyclic) bond motifs is 1. The summed E-state index contributed by atoms with van der Waals surface area (Å²) < 4.78 is 7.44. The molecule has 1 saturated carbocycles. The molecule has 9 heteroatoms. The van der Waals surface area contributed by atoms with Gasteiger partial charge in [0.25, 0.3) is 5.91 Å². The molecule has 0 spiro atoms. The van der Waals surface area contributed by atoms with Crippen molar-refractivity contribution >= 4 is 17.6 Å². The van der Waals surface area contributed by atoms with Crippen LogP contribution in [0.3, 0.4) is 0 Å². The molecule has 45 heavy (non-hydrogen) atoms. The van der Waals surface area contributed by atoms with Crippen LogP contribution in [0.15, 0.2) is 91.0 Å². The van der Waals surface area contributed by atoms with Crippen LogP contribution in [0.4, 0.5) is 4.79 Å². The smallest absolute Gasteiger partial charge is 0.408 e. The third-order valence-corrected chi connectivity index (χ3v) is 8.17. The molecule has 2 aromatic heterocycles. The number of carbonyl (C=O) groups excluding carboxylic acids is 2. The zero-order valence-corrected chi connectivity index (χ0v) is 26.2. The van der Waals surface area contributed by atoms with Gasteiger partial charge < -0.3 is 10.1 Å². The summed E-state index contributed by atoms with van der Waals surface area (Å²) in [7, 11) is 3.03. The van der Waals surface area contributed by atoms with Gasteiger partial charge in [-0.1, -0.05) is 66.7 Å². The second-order valence-electron chi connectivity index (χ2n) is 12.4. The Morgan fingerprint density at radius 1 is 0.867 bits per heavy atom. The first kappa shape index (κ1) is 30.0. The summed E-state index contributed by atoms with van der Waals surface area (Å²) in [5.41, 5.74) is 6.52. The summed E-state index contributed by atoms with van der Waals surface area (Å²) in [5.74, 6) is -0.229. The first-order chi connectivity index (χ1) is 21.6. The van der Waals surface area contributed by atoms with Crippen molar-refractivity contribution in [2.45, 2.75) is 51.2 Å². The van der Waals surface area contributed by atoms with Gasteiger partial charge in [0.1, 0.15) is 11.3 Å². The van der Waals surface area contributed by atoms with Gasteiger partial charge in [-0.3, -0.25) is 9.63 Å². The molecule has 3 aromatic carbocycles. The van der Waals surface area contributed by atoms with Crippen LogP contribution < -0.4 is 5.32 Å². The van der Waals surface area contributed by atoms with E-state index in [4.69, 9.17) is 19.7 Å². The van der Waals surface area contributed by atoms with Crippen molar-refractivity contribution in [3.63, 3.8) is 0 Å². The highest BCUT2D eigenvalue weighted by atomic mass is 16.7. The molecular formula is C36H37N5O4. The molecule has 0 radical (unpaired) electrons. The van der Waals surface area contributed by atoms with Gasteiger partial charge in [-0.05, 0) is 69.9 Å². The van der Waals surface area contributed by atoms with Gasteiger partial charge in [-0.25, -0.2) is 19.4 Å². The molecule has 5 aromatic rings. The highest BCUT2D eigenvalue weighted by Gasteiger charge is 2.41. The Kier molecular flexibility index (Phi) is 7.88. The first-order valence-electron chi connectivity index (χ1n) is 15.1. The zero-order chi connectivity index (χ0) is 31.8. The zero-order valence-electron chi connectivity index (χ0n) is 26.2. The Bertz CT molecular complexity index is 1840. The number of rotatable bonds is 7. The lowest BCUT2D eigenvalue weighted by molar-refractivity contribution is -0.0756. The van der Waals surface area contributed by atoms with Crippen LogP contribution in [0, 0.1) is 0 Å². The molecule has 1 aliphatic carbocycles. The summed E-state index contributed by atoms with van der Waals surface area (Å²) in [5, 5.41) is 9.34. The van der Waals surface area contributed by atoms with Crippen molar-refractivity contribution in [1.29, 1.82) is 0 Å². The fraction of sp³-hybridized carbons (Fsp3) is 0.278. The van der Waals surface area contributed by atoms with E-state index in [1.807, 2.05) is 67.8 Å². The van der Waals surface area contributed by atoms with E-state index in [1.165, 1.54) is 12.2 Å². The van der Waals surface area contributed by atoms with Crippen molar-refractivity contribution < 1.29 is 19.2 Å². The van der Waals surface area contributed by atoms with Gasteiger partial charge >= 0.3 is 6.09 Å². The molecule has 1 aliphatic rings. The van der Waals surface area contributed by atoms with Crippen LogP contribution in [-0.2, 0) is 15.1 Å². The monoisotopic (exact) mass is 603 g/mol. The van der Waals surface area contributed by atoms with Crippen molar-refractivity contribution in [3.8, 4) is 33.8 Å². The lowest BCUT2D eigenvalue weighted by Crippen LogP contribution is -2.52. The summed E-state index contributed by atoms with van der Waals surface area (Å²) in [6.07, 6.45) is 2.36. The van der Waals surface area contributed by atoms with E-state index < -0.39 is 17.2 Å². The van der Waals surface area contributed by atoms with Crippen molar-refractivity contribution in [2.75, 3.05) is 14.2 Å². The number of benzene rings is 3. The molecule has 6 rings (SSSR count). The lowest BCUT2D eigenvalue weighted by atomic mass is 9.71.